The number of fused-ring (bicyclic) bond motifs is 2. The second kappa shape index (κ2) is 7.67. The highest BCUT2D eigenvalue weighted by atomic mass is 16.5. The zero-order valence-electron chi connectivity index (χ0n) is 18.2. The molecule has 4 rings (SSSR count). The van der Waals surface area contributed by atoms with Gasteiger partial charge in [0.25, 0.3) is 0 Å². The number of benzene rings is 1. The normalized spacial score (nSPS) is 15.9. The summed E-state index contributed by atoms with van der Waals surface area (Å²) < 4.78 is 13.3. The predicted molar refractivity (Wildman–Crippen MR) is 116 cm³/mol. The zero-order chi connectivity index (χ0) is 20.7. The molecular formula is C23H30N4O2. The first-order valence-corrected chi connectivity index (χ1v) is 10.4. The lowest BCUT2D eigenvalue weighted by atomic mass is 10.0. The van der Waals surface area contributed by atoms with E-state index in [1.54, 1.807) is 7.11 Å². The minimum absolute atomic E-state index is 0.0164. The van der Waals surface area contributed by atoms with Crippen molar-refractivity contribution in [1.29, 1.82) is 0 Å². The van der Waals surface area contributed by atoms with Gasteiger partial charge in [0.2, 0.25) is 0 Å². The van der Waals surface area contributed by atoms with Gasteiger partial charge in [-0.25, -0.2) is 4.98 Å². The molecule has 1 N–H and O–H groups in total. The Morgan fingerprint density at radius 2 is 2.03 bits per heavy atom. The van der Waals surface area contributed by atoms with Crippen molar-refractivity contribution in [3.63, 3.8) is 0 Å². The lowest BCUT2D eigenvalue weighted by Crippen LogP contribution is -2.21. The number of anilines is 1. The van der Waals surface area contributed by atoms with Gasteiger partial charge in [-0.1, -0.05) is 19.9 Å². The van der Waals surface area contributed by atoms with Gasteiger partial charge in [-0.15, -0.1) is 0 Å². The molecule has 0 radical (unpaired) electrons. The molecule has 6 heteroatoms. The van der Waals surface area contributed by atoms with Gasteiger partial charge in [0, 0.05) is 17.2 Å². The highest BCUT2D eigenvalue weighted by Crippen LogP contribution is 2.39. The Bertz CT molecular complexity index is 1050. The van der Waals surface area contributed by atoms with Crippen molar-refractivity contribution in [2.24, 2.45) is 0 Å². The van der Waals surface area contributed by atoms with E-state index >= 15 is 0 Å². The Labute approximate surface area is 172 Å². The van der Waals surface area contributed by atoms with Crippen LogP contribution in [-0.4, -0.2) is 27.7 Å². The van der Waals surface area contributed by atoms with Crippen molar-refractivity contribution < 1.29 is 9.47 Å². The summed E-state index contributed by atoms with van der Waals surface area (Å²) in [6.45, 7) is 11.2. The van der Waals surface area contributed by atoms with E-state index in [1.807, 2.05) is 10.6 Å². The van der Waals surface area contributed by atoms with Crippen LogP contribution >= 0.6 is 0 Å². The van der Waals surface area contributed by atoms with Crippen LogP contribution in [0.5, 0.6) is 5.75 Å². The Hall–Kier alpha value is -2.60. The fraction of sp³-hybridized carbons (Fsp3) is 0.478. The number of hydrogen-bond donors (Lipinski definition) is 1. The summed E-state index contributed by atoms with van der Waals surface area (Å²) in [7, 11) is 1.69. The van der Waals surface area contributed by atoms with Crippen LogP contribution in [0.3, 0.4) is 0 Å². The maximum absolute atomic E-state index is 5.92. The topological polar surface area (TPSA) is 60.7 Å². The SMILES string of the molecule is CCC(CC)Nc1c2c(nc3c(-c4ccc(OC)cc4C)c(C)nn13)C(C)OC2. The maximum Gasteiger partial charge on any atom is 0.165 e. The molecule has 0 spiro atoms. The van der Waals surface area contributed by atoms with Crippen molar-refractivity contribution in [2.75, 3.05) is 12.4 Å². The van der Waals surface area contributed by atoms with Crippen molar-refractivity contribution >= 4 is 11.5 Å². The molecule has 1 unspecified atom stereocenters. The number of rotatable bonds is 6. The highest BCUT2D eigenvalue weighted by Gasteiger charge is 2.29. The van der Waals surface area contributed by atoms with E-state index in [2.05, 4.69) is 52.1 Å². The van der Waals surface area contributed by atoms with Crippen LogP contribution < -0.4 is 10.1 Å². The summed E-state index contributed by atoms with van der Waals surface area (Å²) in [4.78, 5) is 5.04. The van der Waals surface area contributed by atoms with Crippen LogP contribution in [0.2, 0.25) is 0 Å². The van der Waals surface area contributed by atoms with Crippen LogP contribution in [0.25, 0.3) is 16.8 Å². The average molecular weight is 395 g/mol. The molecule has 29 heavy (non-hydrogen) atoms. The van der Waals surface area contributed by atoms with Crippen LogP contribution in [0, 0.1) is 13.8 Å². The molecule has 3 aromatic rings. The largest absolute Gasteiger partial charge is 0.497 e. The summed E-state index contributed by atoms with van der Waals surface area (Å²) in [5.41, 5.74) is 7.32. The number of methoxy groups -OCH3 is 1. The number of aryl methyl sites for hydroxylation is 2. The molecule has 154 valence electrons. The summed E-state index contributed by atoms with van der Waals surface area (Å²) in [5.74, 6) is 1.87. The molecule has 0 saturated heterocycles. The lowest BCUT2D eigenvalue weighted by molar-refractivity contribution is 0.0781. The molecule has 0 saturated carbocycles. The maximum atomic E-state index is 5.92. The van der Waals surface area contributed by atoms with Gasteiger partial charge in [0.1, 0.15) is 11.6 Å². The predicted octanol–water partition coefficient (Wildman–Crippen LogP) is 5.21. The van der Waals surface area contributed by atoms with E-state index in [0.29, 0.717) is 12.6 Å². The minimum atomic E-state index is -0.0164. The van der Waals surface area contributed by atoms with Crippen LogP contribution in [0.15, 0.2) is 18.2 Å². The Balaban J connectivity index is 1.97. The standard InChI is InChI=1S/C23H30N4O2/c1-7-16(8-2)24-22-19-12-29-15(5)21(19)25-23-20(14(4)26-27(22)23)18-10-9-17(28-6)11-13(18)3/h9-11,15-16,24H,7-8,12H2,1-6H3. The van der Waals surface area contributed by atoms with E-state index < -0.39 is 0 Å². The van der Waals surface area contributed by atoms with E-state index in [-0.39, 0.29) is 6.10 Å². The van der Waals surface area contributed by atoms with Crippen molar-refractivity contribution in [3.8, 4) is 16.9 Å². The third-order valence-electron chi connectivity index (χ3n) is 5.96. The zero-order valence-corrected chi connectivity index (χ0v) is 18.2. The highest BCUT2D eigenvalue weighted by molar-refractivity contribution is 5.83. The van der Waals surface area contributed by atoms with Gasteiger partial charge >= 0.3 is 0 Å². The molecule has 0 fully saturated rings. The number of ether oxygens (including phenoxy) is 2. The smallest absolute Gasteiger partial charge is 0.165 e. The Morgan fingerprint density at radius 3 is 2.69 bits per heavy atom. The molecule has 1 atom stereocenters. The fourth-order valence-corrected chi connectivity index (χ4v) is 4.16. The molecular weight excluding hydrogens is 364 g/mol. The van der Waals surface area contributed by atoms with Crippen LogP contribution in [0.4, 0.5) is 5.82 Å². The summed E-state index contributed by atoms with van der Waals surface area (Å²) in [6, 6.07) is 6.53. The second-order valence-corrected chi connectivity index (χ2v) is 7.81. The molecule has 1 aliphatic rings. The monoisotopic (exact) mass is 394 g/mol. The van der Waals surface area contributed by atoms with Crippen LogP contribution in [0.1, 0.15) is 62.2 Å². The van der Waals surface area contributed by atoms with E-state index in [4.69, 9.17) is 19.6 Å². The quantitative estimate of drug-likeness (QED) is 0.622. The van der Waals surface area contributed by atoms with E-state index in [0.717, 1.165) is 63.7 Å². The summed E-state index contributed by atoms with van der Waals surface area (Å²) in [6.07, 6.45) is 2.09. The van der Waals surface area contributed by atoms with Crippen molar-refractivity contribution in [2.45, 2.75) is 66.2 Å². The van der Waals surface area contributed by atoms with Gasteiger partial charge in [0.15, 0.2) is 5.65 Å². The number of aromatic nitrogens is 3. The Kier molecular flexibility index (Phi) is 5.21. The van der Waals surface area contributed by atoms with Gasteiger partial charge in [-0.05, 0) is 56.9 Å². The van der Waals surface area contributed by atoms with Crippen molar-refractivity contribution in [1.82, 2.24) is 14.6 Å². The van der Waals surface area contributed by atoms with E-state index in [9.17, 15) is 0 Å². The van der Waals surface area contributed by atoms with Gasteiger partial charge in [-0.2, -0.15) is 9.61 Å². The Morgan fingerprint density at radius 1 is 1.28 bits per heavy atom. The third kappa shape index (κ3) is 3.25. The fourth-order valence-electron chi connectivity index (χ4n) is 4.16. The molecule has 0 amide bonds. The molecule has 0 aliphatic carbocycles. The molecule has 2 aromatic heterocycles. The number of nitrogens with one attached hydrogen (secondary N) is 1. The molecule has 0 bridgehead atoms. The lowest BCUT2D eigenvalue weighted by Gasteiger charge is -2.19. The average Bonchev–Trinajstić information content (AvgIpc) is 3.25. The van der Waals surface area contributed by atoms with Gasteiger partial charge in [-0.3, -0.25) is 0 Å². The van der Waals surface area contributed by atoms with E-state index in [1.165, 1.54) is 0 Å². The minimum Gasteiger partial charge on any atom is -0.497 e. The first-order chi connectivity index (χ1) is 14.0. The van der Waals surface area contributed by atoms with Crippen molar-refractivity contribution in [3.05, 3.63) is 40.7 Å². The molecule has 3 heterocycles. The molecule has 1 aliphatic heterocycles. The second-order valence-electron chi connectivity index (χ2n) is 7.81. The number of nitrogens with zero attached hydrogens (tertiary/aromatic N) is 3. The first kappa shape index (κ1) is 19.7. The summed E-state index contributed by atoms with van der Waals surface area (Å²) in [5, 5.41) is 8.63. The summed E-state index contributed by atoms with van der Waals surface area (Å²) >= 11 is 0. The van der Waals surface area contributed by atoms with Crippen LogP contribution in [-0.2, 0) is 11.3 Å². The van der Waals surface area contributed by atoms with Gasteiger partial charge < -0.3 is 14.8 Å². The molecule has 1 aromatic carbocycles. The first-order valence-electron chi connectivity index (χ1n) is 10.4. The third-order valence-corrected chi connectivity index (χ3v) is 5.96. The van der Waals surface area contributed by atoms with Gasteiger partial charge in [0.05, 0.1) is 31.2 Å². The number of hydrogen-bond acceptors (Lipinski definition) is 5. The molecule has 6 nitrogen and oxygen atoms in total.